The molecule has 0 radical (unpaired) electrons. The van der Waals surface area contributed by atoms with Crippen molar-refractivity contribution < 1.29 is 9.47 Å². The number of nitrogens with one attached hydrogen (secondary N) is 1. The first-order chi connectivity index (χ1) is 13.7. The number of ether oxygens (including phenoxy) is 2. The van der Waals surface area contributed by atoms with Gasteiger partial charge < -0.3 is 14.4 Å². The Morgan fingerprint density at radius 1 is 1.25 bits per heavy atom. The molecule has 2 aliphatic heterocycles. The molecule has 0 aromatic carbocycles. The Hall–Kier alpha value is -2.71. The van der Waals surface area contributed by atoms with Crippen molar-refractivity contribution in [3.05, 3.63) is 30.0 Å². The molecule has 1 saturated heterocycles. The quantitative estimate of drug-likeness (QED) is 0.751. The summed E-state index contributed by atoms with van der Waals surface area (Å²) < 4.78 is 13.1. The smallest absolute Gasteiger partial charge is 0.139 e. The third-order valence-electron chi connectivity index (χ3n) is 5.49. The Balaban J connectivity index is 1.75. The van der Waals surface area contributed by atoms with E-state index in [-0.39, 0.29) is 6.04 Å². The van der Waals surface area contributed by atoms with Gasteiger partial charge in [0.05, 0.1) is 38.0 Å². The molecule has 3 aromatic heterocycles. The highest BCUT2D eigenvalue weighted by Gasteiger charge is 2.25. The fraction of sp³-hybridized carbons (Fsp3) is 0.450. The molecule has 3 aromatic rings. The molecule has 0 saturated carbocycles. The Labute approximate surface area is 163 Å². The number of aromatic nitrogens is 5. The zero-order valence-corrected chi connectivity index (χ0v) is 16.2. The van der Waals surface area contributed by atoms with E-state index in [1.165, 1.54) is 11.1 Å². The summed E-state index contributed by atoms with van der Waals surface area (Å²) in [5.74, 6) is 0.968. The van der Waals surface area contributed by atoms with Crippen LogP contribution < -0.4 is 4.90 Å². The van der Waals surface area contributed by atoms with Crippen LogP contribution in [-0.2, 0) is 16.5 Å². The number of fused-ring (bicyclic) bond motifs is 1. The Bertz CT molecular complexity index is 1020. The van der Waals surface area contributed by atoms with Crippen molar-refractivity contribution >= 4 is 22.4 Å². The third kappa shape index (κ3) is 2.89. The van der Waals surface area contributed by atoms with Crippen LogP contribution in [0.3, 0.4) is 0 Å². The summed E-state index contributed by atoms with van der Waals surface area (Å²) in [5.41, 5.74) is 5.99. The number of aromatic amines is 1. The SMILES string of the molecule is C[C@@H]1COCCN1c1cc(C2=CCOCC2)c2c(n1)c(-c1cc[nH]n1)nn2C. The van der Waals surface area contributed by atoms with Gasteiger partial charge in [0.2, 0.25) is 0 Å². The number of anilines is 1. The average molecular weight is 380 g/mol. The molecule has 28 heavy (non-hydrogen) atoms. The van der Waals surface area contributed by atoms with Crippen molar-refractivity contribution in [2.24, 2.45) is 7.05 Å². The minimum atomic E-state index is 0.278. The molecule has 146 valence electrons. The van der Waals surface area contributed by atoms with Gasteiger partial charge in [-0.2, -0.15) is 10.2 Å². The molecule has 5 heterocycles. The van der Waals surface area contributed by atoms with Crippen molar-refractivity contribution in [2.75, 3.05) is 37.9 Å². The molecular formula is C20H24N6O2. The fourth-order valence-electron chi connectivity index (χ4n) is 4.06. The largest absolute Gasteiger partial charge is 0.377 e. The number of morpholine rings is 1. The van der Waals surface area contributed by atoms with Crippen LogP contribution in [0, 0.1) is 0 Å². The van der Waals surface area contributed by atoms with Crippen LogP contribution in [0.5, 0.6) is 0 Å². The van der Waals surface area contributed by atoms with Gasteiger partial charge in [-0.3, -0.25) is 9.78 Å². The molecule has 0 amide bonds. The Morgan fingerprint density at radius 3 is 2.93 bits per heavy atom. The number of hydrogen-bond donors (Lipinski definition) is 1. The molecule has 8 nitrogen and oxygen atoms in total. The highest BCUT2D eigenvalue weighted by molar-refractivity contribution is 5.97. The first-order valence-corrected chi connectivity index (χ1v) is 9.72. The number of hydrogen-bond acceptors (Lipinski definition) is 6. The maximum absolute atomic E-state index is 5.63. The highest BCUT2D eigenvalue weighted by atomic mass is 16.5. The van der Waals surface area contributed by atoms with E-state index in [1.807, 2.05) is 24.0 Å². The van der Waals surface area contributed by atoms with E-state index >= 15 is 0 Å². The Kier molecular flexibility index (Phi) is 4.37. The molecular weight excluding hydrogens is 356 g/mol. The third-order valence-corrected chi connectivity index (χ3v) is 5.49. The lowest BCUT2D eigenvalue weighted by Gasteiger charge is -2.34. The van der Waals surface area contributed by atoms with Crippen molar-refractivity contribution in [1.29, 1.82) is 0 Å². The lowest BCUT2D eigenvalue weighted by Crippen LogP contribution is -2.44. The normalized spacial score (nSPS) is 20.6. The molecule has 0 unspecified atom stereocenters. The van der Waals surface area contributed by atoms with E-state index < -0.39 is 0 Å². The molecule has 0 bridgehead atoms. The van der Waals surface area contributed by atoms with Crippen LogP contribution in [0.4, 0.5) is 5.82 Å². The number of aryl methyl sites for hydroxylation is 1. The van der Waals surface area contributed by atoms with E-state index in [0.717, 1.165) is 54.4 Å². The Morgan fingerprint density at radius 2 is 2.18 bits per heavy atom. The molecule has 1 atom stereocenters. The molecule has 0 spiro atoms. The van der Waals surface area contributed by atoms with Gasteiger partial charge in [0, 0.05) is 25.4 Å². The van der Waals surface area contributed by atoms with E-state index in [4.69, 9.17) is 19.6 Å². The van der Waals surface area contributed by atoms with E-state index in [1.54, 1.807) is 0 Å². The lowest BCUT2D eigenvalue weighted by molar-refractivity contribution is 0.0985. The highest BCUT2D eigenvalue weighted by Crippen LogP contribution is 2.35. The zero-order valence-electron chi connectivity index (χ0n) is 16.2. The second kappa shape index (κ2) is 7.03. The predicted octanol–water partition coefficient (Wildman–Crippen LogP) is 2.39. The second-order valence-corrected chi connectivity index (χ2v) is 7.33. The van der Waals surface area contributed by atoms with Crippen LogP contribution in [-0.4, -0.2) is 64.0 Å². The summed E-state index contributed by atoms with van der Waals surface area (Å²) in [6.45, 7) is 5.82. The standard InChI is InChI=1S/C20H24N6O2/c1-13-12-28-10-7-26(13)17-11-15(14-4-8-27-9-5-14)20-19(22-17)18(24-25(20)2)16-3-6-21-23-16/h3-4,6,11,13H,5,7-10,12H2,1-2H3,(H,21,23)/t13-/m1/s1. The predicted molar refractivity (Wildman–Crippen MR) is 107 cm³/mol. The number of rotatable bonds is 3. The molecule has 8 heteroatoms. The maximum Gasteiger partial charge on any atom is 0.139 e. The van der Waals surface area contributed by atoms with Gasteiger partial charge in [0.1, 0.15) is 22.7 Å². The average Bonchev–Trinajstić information content (AvgIpc) is 3.37. The van der Waals surface area contributed by atoms with Gasteiger partial charge in [0.25, 0.3) is 0 Å². The molecule has 0 aliphatic carbocycles. The van der Waals surface area contributed by atoms with Crippen LogP contribution in [0.15, 0.2) is 24.4 Å². The number of pyridine rings is 1. The minimum absolute atomic E-state index is 0.278. The van der Waals surface area contributed by atoms with Crippen LogP contribution in [0.2, 0.25) is 0 Å². The summed E-state index contributed by atoms with van der Waals surface area (Å²) in [4.78, 5) is 7.38. The van der Waals surface area contributed by atoms with E-state index in [9.17, 15) is 0 Å². The first kappa shape index (κ1) is 17.4. The summed E-state index contributed by atoms with van der Waals surface area (Å²) in [6, 6.07) is 4.42. The summed E-state index contributed by atoms with van der Waals surface area (Å²) in [7, 11) is 1.97. The van der Waals surface area contributed by atoms with Crippen LogP contribution >= 0.6 is 0 Å². The van der Waals surface area contributed by atoms with Gasteiger partial charge in [0.15, 0.2) is 0 Å². The topological polar surface area (TPSA) is 81.1 Å². The molecule has 1 fully saturated rings. The summed E-state index contributed by atoms with van der Waals surface area (Å²) in [6.07, 6.45) is 4.87. The van der Waals surface area contributed by atoms with Crippen LogP contribution in [0.1, 0.15) is 18.9 Å². The van der Waals surface area contributed by atoms with E-state index in [0.29, 0.717) is 13.2 Å². The van der Waals surface area contributed by atoms with Gasteiger partial charge >= 0.3 is 0 Å². The van der Waals surface area contributed by atoms with Gasteiger partial charge in [-0.1, -0.05) is 6.08 Å². The lowest BCUT2D eigenvalue weighted by atomic mass is 10.00. The van der Waals surface area contributed by atoms with Crippen molar-refractivity contribution in [3.63, 3.8) is 0 Å². The molecule has 2 aliphatic rings. The summed E-state index contributed by atoms with van der Waals surface area (Å²) >= 11 is 0. The minimum Gasteiger partial charge on any atom is -0.377 e. The zero-order chi connectivity index (χ0) is 19.1. The maximum atomic E-state index is 5.63. The van der Waals surface area contributed by atoms with E-state index in [2.05, 4.69) is 34.2 Å². The number of H-pyrrole nitrogens is 1. The van der Waals surface area contributed by atoms with Gasteiger partial charge in [-0.15, -0.1) is 0 Å². The molecule has 1 N–H and O–H groups in total. The van der Waals surface area contributed by atoms with Gasteiger partial charge in [-0.05, 0) is 31.1 Å². The van der Waals surface area contributed by atoms with Crippen molar-refractivity contribution in [3.8, 4) is 11.4 Å². The number of nitrogens with zero attached hydrogens (tertiary/aromatic N) is 5. The van der Waals surface area contributed by atoms with Gasteiger partial charge in [-0.25, -0.2) is 4.98 Å². The summed E-state index contributed by atoms with van der Waals surface area (Å²) in [5, 5.41) is 12.0. The van der Waals surface area contributed by atoms with Crippen molar-refractivity contribution in [2.45, 2.75) is 19.4 Å². The van der Waals surface area contributed by atoms with Crippen LogP contribution in [0.25, 0.3) is 28.0 Å². The molecule has 5 rings (SSSR count). The monoisotopic (exact) mass is 380 g/mol. The first-order valence-electron chi connectivity index (χ1n) is 9.72. The second-order valence-electron chi connectivity index (χ2n) is 7.33. The van der Waals surface area contributed by atoms with Crippen molar-refractivity contribution in [1.82, 2.24) is 25.0 Å². The fourth-order valence-corrected chi connectivity index (χ4v) is 4.06.